The maximum Gasteiger partial charge on any atom is 0.410 e. The highest BCUT2D eigenvalue weighted by atomic mass is 16.6. The third-order valence-electron chi connectivity index (χ3n) is 5.12. The minimum Gasteiger partial charge on any atom is -0.444 e. The van der Waals surface area contributed by atoms with Crippen LogP contribution in [0.2, 0.25) is 0 Å². The lowest BCUT2D eigenvalue weighted by atomic mass is 9.85. The van der Waals surface area contributed by atoms with Crippen molar-refractivity contribution in [3.63, 3.8) is 0 Å². The van der Waals surface area contributed by atoms with E-state index >= 15 is 0 Å². The van der Waals surface area contributed by atoms with Gasteiger partial charge in [-0.05, 0) is 52.4 Å². The predicted octanol–water partition coefficient (Wildman–Crippen LogP) is 4.17. The third-order valence-corrected chi connectivity index (χ3v) is 5.12. The van der Waals surface area contributed by atoms with Gasteiger partial charge in [0.15, 0.2) is 0 Å². The zero-order chi connectivity index (χ0) is 16.5. The molecule has 2 atom stereocenters. The van der Waals surface area contributed by atoms with Crippen molar-refractivity contribution in [2.24, 2.45) is 11.3 Å². The average Bonchev–Trinajstić information content (AvgIpc) is 3.16. The van der Waals surface area contributed by atoms with Crippen LogP contribution in [0.3, 0.4) is 0 Å². The van der Waals surface area contributed by atoms with E-state index in [9.17, 15) is 9.59 Å². The lowest BCUT2D eigenvalue weighted by molar-refractivity contribution is -0.125. The molecule has 1 aliphatic carbocycles. The Hall–Kier alpha value is -1.06. The second-order valence-electron chi connectivity index (χ2n) is 8.31. The van der Waals surface area contributed by atoms with Crippen LogP contribution in [0.4, 0.5) is 4.79 Å². The summed E-state index contributed by atoms with van der Waals surface area (Å²) in [7, 11) is 0. The summed E-state index contributed by atoms with van der Waals surface area (Å²) < 4.78 is 5.53. The Kier molecular flexibility index (Phi) is 4.88. The van der Waals surface area contributed by atoms with Crippen LogP contribution in [0.25, 0.3) is 0 Å². The molecule has 0 aromatic rings. The Balaban J connectivity index is 2.04. The number of nitrogens with zero attached hydrogens (tertiary/aromatic N) is 1. The van der Waals surface area contributed by atoms with Crippen LogP contribution >= 0.6 is 0 Å². The van der Waals surface area contributed by atoms with Gasteiger partial charge >= 0.3 is 6.09 Å². The molecule has 0 aromatic heterocycles. The van der Waals surface area contributed by atoms with Gasteiger partial charge in [0, 0.05) is 24.4 Å². The quantitative estimate of drug-likeness (QED) is 0.783. The number of piperidine rings is 1. The van der Waals surface area contributed by atoms with Crippen LogP contribution in [-0.4, -0.2) is 35.0 Å². The van der Waals surface area contributed by atoms with Crippen LogP contribution in [0.5, 0.6) is 0 Å². The van der Waals surface area contributed by atoms with Gasteiger partial charge in [0.1, 0.15) is 11.4 Å². The molecule has 2 fully saturated rings. The van der Waals surface area contributed by atoms with Gasteiger partial charge < -0.3 is 9.64 Å². The second-order valence-corrected chi connectivity index (χ2v) is 8.31. The first-order valence-corrected chi connectivity index (χ1v) is 8.67. The van der Waals surface area contributed by atoms with E-state index in [0.29, 0.717) is 24.7 Å². The molecule has 2 unspecified atom stereocenters. The first kappa shape index (κ1) is 17.3. The standard InChI is InChI=1S/C18H31NO3/c1-6-13-7-10-19(16(21)22-17(2,3)4)14(11-13)12-15(20)18(5)8-9-18/h13-14H,6-12H2,1-5H3. The van der Waals surface area contributed by atoms with Crippen molar-refractivity contribution in [3.05, 3.63) is 0 Å². The molecule has 126 valence electrons. The highest BCUT2D eigenvalue weighted by Gasteiger charge is 2.46. The van der Waals surface area contributed by atoms with E-state index in [1.807, 2.05) is 27.7 Å². The molecule has 0 spiro atoms. The summed E-state index contributed by atoms with van der Waals surface area (Å²) >= 11 is 0. The number of ketones is 1. The zero-order valence-corrected chi connectivity index (χ0v) is 14.8. The fourth-order valence-corrected chi connectivity index (χ4v) is 3.19. The molecule has 0 aromatic carbocycles. The first-order chi connectivity index (χ1) is 10.1. The molecule has 2 rings (SSSR count). The van der Waals surface area contributed by atoms with Crippen molar-refractivity contribution in [3.8, 4) is 0 Å². The highest BCUT2D eigenvalue weighted by Crippen LogP contribution is 2.47. The Morgan fingerprint density at radius 3 is 2.41 bits per heavy atom. The van der Waals surface area contributed by atoms with Crippen LogP contribution < -0.4 is 0 Å². The van der Waals surface area contributed by atoms with Gasteiger partial charge in [-0.3, -0.25) is 4.79 Å². The third kappa shape index (κ3) is 4.23. The summed E-state index contributed by atoms with van der Waals surface area (Å²) in [6.07, 6.45) is 5.29. The zero-order valence-electron chi connectivity index (χ0n) is 14.8. The average molecular weight is 309 g/mol. The molecule has 0 bridgehead atoms. The van der Waals surface area contributed by atoms with Crippen LogP contribution in [0.15, 0.2) is 0 Å². The largest absolute Gasteiger partial charge is 0.444 e. The lowest BCUT2D eigenvalue weighted by Crippen LogP contribution is -2.49. The van der Waals surface area contributed by atoms with Gasteiger partial charge in [0.05, 0.1) is 0 Å². The number of Topliss-reactive ketones (excluding diaryl/α,β-unsaturated/α-hetero) is 1. The predicted molar refractivity (Wildman–Crippen MR) is 86.7 cm³/mol. The minimum absolute atomic E-state index is 0.0125. The Morgan fingerprint density at radius 2 is 1.91 bits per heavy atom. The van der Waals surface area contributed by atoms with Gasteiger partial charge in [-0.1, -0.05) is 20.3 Å². The summed E-state index contributed by atoms with van der Waals surface area (Å²) in [5, 5.41) is 0. The number of carbonyl (C=O) groups excluding carboxylic acids is 2. The molecule has 22 heavy (non-hydrogen) atoms. The molecule has 1 heterocycles. The number of likely N-dealkylation sites (tertiary alicyclic amines) is 1. The molecule has 1 aliphatic heterocycles. The molecule has 4 nitrogen and oxygen atoms in total. The van der Waals surface area contributed by atoms with Gasteiger partial charge in [0.25, 0.3) is 0 Å². The van der Waals surface area contributed by atoms with E-state index in [-0.39, 0.29) is 17.6 Å². The Labute approximate surface area is 134 Å². The number of rotatable bonds is 4. The number of amides is 1. The van der Waals surface area contributed by atoms with E-state index in [1.165, 1.54) is 0 Å². The van der Waals surface area contributed by atoms with E-state index in [4.69, 9.17) is 4.74 Å². The fraction of sp³-hybridized carbons (Fsp3) is 0.889. The minimum atomic E-state index is -0.490. The molecule has 4 heteroatoms. The van der Waals surface area contributed by atoms with E-state index in [1.54, 1.807) is 4.90 Å². The summed E-state index contributed by atoms with van der Waals surface area (Å²) in [5.41, 5.74) is -0.603. The topological polar surface area (TPSA) is 46.6 Å². The highest BCUT2D eigenvalue weighted by molar-refractivity contribution is 5.87. The molecular weight excluding hydrogens is 278 g/mol. The van der Waals surface area contributed by atoms with Crippen molar-refractivity contribution in [2.75, 3.05) is 6.54 Å². The van der Waals surface area contributed by atoms with Crippen molar-refractivity contribution in [2.45, 2.75) is 84.8 Å². The number of ether oxygens (including phenoxy) is 1. The first-order valence-electron chi connectivity index (χ1n) is 8.67. The molecule has 1 saturated carbocycles. The maximum absolute atomic E-state index is 12.5. The summed E-state index contributed by atoms with van der Waals surface area (Å²) in [6, 6.07) is 0.0125. The van der Waals surface area contributed by atoms with Crippen molar-refractivity contribution >= 4 is 11.9 Å². The monoisotopic (exact) mass is 309 g/mol. The maximum atomic E-state index is 12.5. The number of hydrogen-bond donors (Lipinski definition) is 0. The molecule has 0 radical (unpaired) electrons. The van der Waals surface area contributed by atoms with Gasteiger partial charge in [-0.15, -0.1) is 0 Å². The molecular formula is C18H31NO3. The Bertz CT molecular complexity index is 434. The molecule has 1 amide bonds. The lowest BCUT2D eigenvalue weighted by Gasteiger charge is -2.40. The summed E-state index contributed by atoms with van der Waals surface area (Å²) in [6.45, 7) is 10.6. The normalized spacial score (nSPS) is 27.4. The fourth-order valence-electron chi connectivity index (χ4n) is 3.19. The SMILES string of the molecule is CCC1CCN(C(=O)OC(C)(C)C)C(CC(=O)C2(C)CC2)C1. The molecule has 0 N–H and O–H groups in total. The van der Waals surface area contributed by atoms with Gasteiger partial charge in [-0.2, -0.15) is 0 Å². The summed E-state index contributed by atoms with van der Waals surface area (Å²) in [4.78, 5) is 26.7. The molecule has 1 saturated heterocycles. The summed E-state index contributed by atoms with van der Waals surface area (Å²) in [5.74, 6) is 0.936. The number of carbonyl (C=O) groups is 2. The number of hydrogen-bond acceptors (Lipinski definition) is 3. The van der Waals surface area contributed by atoms with Crippen molar-refractivity contribution in [1.29, 1.82) is 0 Å². The van der Waals surface area contributed by atoms with Crippen molar-refractivity contribution in [1.82, 2.24) is 4.90 Å². The van der Waals surface area contributed by atoms with E-state index in [0.717, 1.165) is 32.1 Å². The van der Waals surface area contributed by atoms with E-state index < -0.39 is 5.60 Å². The smallest absolute Gasteiger partial charge is 0.410 e. The van der Waals surface area contributed by atoms with Gasteiger partial charge in [0.2, 0.25) is 0 Å². The second kappa shape index (κ2) is 6.21. The van der Waals surface area contributed by atoms with Crippen molar-refractivity contribution < 1.29 is 14.3 Å². The Morgan fingerprint density at radius 1 is 1.27 bits per heavy atom. The van der Waals surface area contributed by atoms with Crippen LogP contribution in [0.1, 0.15) is 73.1 Å². The van der Waals surface area contributed by atoms with Crippen LogP contribution in [-0.2, 0) is 9.53 Å². The van der Waals surface area contributed by atoms with Crippen LogP contribution in [0, 0.1) is 11.3 Å². The van der Waals surface area contributed by atoms with Gasteiger partial charge in [-0.25, -0.2) is 4.79 Å². The van der Waals surface area contributed by atoms with E-state index in [2.05, 4.69) is 6.92 Å². The molecule has 2 aliphatic rings.